The van der Waals surface area contributed by atoms with E-state index in [4.69, 9.17) is 0 Å². The molecule has 1 aromatic carbocycles. The number of halogens is 1. The highest BCUT2D eigenvalue weighted by Crippen LogP contribution is 2.20. The summed E-state index contributed by atoms with van der Waals surface area (Å²) in [4.78, 5) is 40.2. The molecule has 0 bridgehead atoms. The lowest BCUT2D eigenvalue weighted by Gasteiger charge is -2.34. The van der Waals surface area contributed by atoms with Gasteiger partial charge in [0.2, 0.25) is 5.91 Å². The molecule has 0 spiro atoms. The van der Waals surface area contributed by atoms with Crippen molar-refractivity contribution in [3.05, 3.63) is 66.3 Å². The Morgan fingerprint density at radius 3 is 2.63 bits per heavy atom. The van der Waals surface area contributed by atoms with Gasteiger partial charge in [-0.2, -0.15) is 0 Å². The number of H-pyrrole nitrogens is 1. The van der Waals surface area contributed by atoms with Crippen molar-refractivity contribution in [2.24, 2.45) is 0 Å². The number of benzene rings is 1. The minimum Gasteiger partial charge on any atom is -0.352 e. The van der Waals surface area contributed by atoms with E-state index in [0.29, 0.717) is 48.7 Å². The second-order valence-electron chi connectivity index (χ2n) is 6.95. The molecule has 1 fully saturated rings. The molecule has 30 heavy (non-hydrogen) atoms. The second kappa shape index (κ2) is 8.32. The van der Waals surface area contributed by atoms with Crippen molar-refractivity contribution >= 4 is 28.8 Å². The summed E-state index contributed by atoms with van der Waals surface area (Å²) in [6.45, 7) is 6.18. The molecule has 0 unspecified atom stereocenters. The standard InChI is InChI=1S/C21H21FN6O2/c1-2-18(29)28-9-7-27(8-10-28)17-13-24-20-19(26-17)16(12-23-20)21(30)25-11-14-3-5-15(22)6-4-14/h2-6,12-13H,1,7-11H2,(H,23,24)(H,25,30). The molecule has 9 heteroatoms. The summed E-state index contributed by atoms with van der Waals surface area (Å²) in [6.07, 6.45) is 4.55. The van der Waals surface area contributed by atoms with Gasteiger partial charge in [-0.1, -0.05) is 18.7 Å². The molecule has 3 aromatic rings. The van der Waals surface area contributed by atoms with Crippen molar-refractivity contribution < 1.29 is 14.0 Å². The van der Waals surface area contributed by atoms with Gasteiger partial charge in [0.15, 0.2) is 5.65 Å². The van der Waals surface area contributed by atoms with Gasteiger partial charge in [0.25, 0.3) is 5.91 Å². The van der Waals surface area contributed by atoms with Crippen molar-refractivity contribution in [1.29, 1.82) is 0 Å². The van der Waals surface area contributed by atoms with E-state index in [1.165, 1.54) is 18.2 Å². The third kappa shape index (κ3) is 4.00. The molecule has 0 atom stereocenters. The number of fused-ring (bicyclic) bond motifs is 1. The minimum atomic E-state index is -0.320. The fraction of sp³-hybridized carbons (Fsp3) is 0.238. The molecule has 2 aromatic heterocycles. The normalized spacial score (nSPS) is 14.0. The van der Waals surface area contributed by atoms with Gasteiger partial charge in [-0.25, -0.2) is 14.4 Å². The first-order valence-electron chi connectivity index (χ1n) is 9.58. The van der Waals surface area contributed by atoms with E-state index in [1.807, 2.05) is 4.90 Å². The summed E-state index contributed by atoms with van der Waals surface area (Å²) in [7, 11) is 0. The van der Waals surface area contributed by atoms with Crippen LogP contribution in [-0.4, -0.2) is 57.8 Å². The number of carbonyl (C=O) groups excluding carboxylic acids is 2. The van der Waals surface area contributed by atoms with Crippen molar-refractivity contribution in [1.82, 2.24) is 25.2 Å². The third-order valence-electron chi connectivity index (χ3n) is 5.07. The quantitative estimate of drug-likeness (QED) is 0.629. The predicted molar refractivity (Wildman–Crippen MR) is 110 cm³/mol. The highest BCUT2D eigenvalue weighted by molar-refractivity contribution is 6.04. The van der Waals surface area contributed by atoms with Crippen molar-refractivity contribution in [2.75, 3.05) is 31.1 Å². The molecule has 3 heterocycles. The molecule has 1 saturated heterocycles. The van der Waals surface area contributed by atoms with Crippen LogP contribution >= 0.6 is 0 Å². The van der Waals surface area contributed by atoms with Crippen LogP contribution in [0.5, 0.6) is 0 Å². The molecule has 2 amide bonds. The van der Waals surface area contributed by atoms with Crippen LogP contribution in [0, 0.1) is 5.82 Å². The third-order valence-corrected chi connectivity index (χ3v) is 5.07. The number of amides is 2. The number of anilines is 1. The average Bonchev–Trinajstić information content (AvgIpc) is 3.21. The second-order valence-corrected chi connectivity index (χ2v) is 6.95. The Kier molecular flexibility index (Phi) is 5.42. The van der Waals surface area contributed by atoms with Gasteiger partial charge in [-0.15, -0.1) is 0 Å². The molecule has 8 nitrogen and oxygen atoms in total. The van der Waals surface area contributed by atoms with Gasteiger partial charge in [0, 0.05) is 38.9 Å². The Bertz CT molecular complexity index is 1090. The van der Waals surface area contributed by atoms with Crippen LogP contribution in [0.15, 0.2) is 49.3 Å². The lowest BCUT2D eigenvalue weighted by molar-refractivity contribution is -0.126. The number of nitrogens with one attached hydrogen (secondary N) is 2. The molecule has 0 radical (unpaired) electrons. The smallest absolute Gasteiger partial charge is 0.255 e. The van der Waals surface area contributed by atoms with E-state index >= 15 is 0 Å². The summed E-state index contributed by atoms with van der Waals surface area (Å²) in [5.74, 6) is -0.0417. The minimum absolute atomic E-state index is 0.0815. The first-order valence-corrected chi connectivity index (χ1v) is 9.58. The van der Waals surface area contributed by atoms with Crippen molar-refractivity contribution in [3.8, 4) is 0 Å². The lowest BCUT2D eigenvalue weighted by atomic mass is 10.2. The highest BCUT2D eigenvalue weighted by Gasteiger charge is 2.22. The van der Waals surface area contributed by atoms with Gasteiger partial charge in [0.05, 0.1) is 11.8 Å². The van der Waals surface area contributed by atoms with Crippen molar-refractivity contribution in [2.45, 2.75) is 6.54 Å². The van der Waals surface area contributed by atoms with Crippen LogP contribution in [0.4, 0.5) is 10.2 Å². The number of carbonyl (C=O) groups is 2. The molecule has 0 saturated carbocycles. The average molecular weight is 408 g/mol. The van der Waals surface area contributed by atoms with E-state index in [-0.39, 0.29) is 24.2 Å². The summed E-state index contributed by atoms with van der Waals surface area (Å²) < 4.78 is 13.0. The van der Waals surface area contributed by atoms with E-state index in [0.717, 1.165) is 5.56 Å². The topological polar surface area (TPSA) is 94.2 Å². The van der Waals surface area contributed by atoms with E-state index in [9.17, 15) is 14.0 Å². The van der Waals surface area contributed by atoms with Crippen LogP contribution in [-0.2, 0) is 11.3 Å². The summed E-state index contributed by atoms with van der Waals surface area (Å²) in [6, 6.07) is 5.96. The van der Waals surface area contributed by atoms with Gasteiger partial charge in [0.1, 0.15) is 17.2 Å². The number of hydrogen-bond acceptors (Lipinski definition) is 5. The predicted octanol–water partition coefficient (Wildman–Crippen LogP) is 1.86. The van der Waals surface area contributed by atoms with E-state index < -0.39 is 0 Å². The molecule has 2 N–H and O–H groups in total. The van der Waals surface area contributed by atoms with Gasteiger partial charge >= 0.3 is 0 Å². The maximum Gasteiger partial charge on any atom is 0.255 e. The number of rotatable bonds is 5. The summed E-state index contributed by atoms with van der Waals surface area (Å²) in [5.41, 5.74) is 2.19. The van der Waals surface area contributed by atoms with Crippen LogP contribution in [0.2, 0.25) is 0 Å². The van der Waals surface area contributed by atoms with Gasteiger partial charge in [-0.05, 0) is 23.8 Å². The number of nitrogens with zero attached hydrogens (tertiary/aromatic N) is 4. The maximum absolute atomic E-state index is 13.0. The van der Waals surface area contributed by atoms with Crippen molar-refractivity contribution in [3.63, 3.8) is 0 Å². The zero-order chi connectivity index (χ0) is 21.1. The molecular weight excluding hydrogens is 387 g/mol. The fourth-order valence-electron chi connectivity index (χ4n) is 3.37. The fourth-order valence-corrected chi connectivity index (χ4v) is 3.37. The first kappa shape index (κ1) is 19.6. The Balaban J connectivity index is 1.47. The lowest BCUT2D eigenvalue weighted by Crippen LogP contribution is -2.48. The molecule has 1 aliphatic heterocycles. The first-order chi connectivity index (χ1) is 14.5. The van der Waals surface area contributed by atoms with Crippen LogP contribution < -0.4 is 10.2 Å². The van der Waals surface area contributed by atoms with E-state index in [2.05, 4.69) is 26.8 Å². The monoisotopic (exact) mass is 408 g/mol. The summed E-state index contributed by atoms with van der Waals surface area (Å²) in [5, 5.41) is 2.82. The van der Waals surface area contributed by atoms with Gasteiger partial charge < -0.3 is 20.1 Å². The number of hydrogen-bond donors (Lipinski definition) is 2. The number of aromatic amines is 1. The maximum atomic E-state index is 13.0. The molecule has 1 aliphatic rings. The molecule has 4 rings (SSSR count). The van der Waals surface area contributed by atoms with Crippen LogP contribution in [0.3, 0.4) is 0 Å². The SMILES string of the molecule is C=CC(=O)N1CCN(c2cnc3[nH]cc(C(=O)NCc4ccc(F)cc4)c3n2)CC1. The zero-order valence-electron chi connectivity index (χ0n) is 16.3. The largest absolute Gasteiger partial charge is 0.352 e. The van der Waals surface area contributed by atoms with Crippen LogP contribution in [0.25, 0.3) is 11.2 Å². The Morgan fingerprint density at radius 1 is 1.20 bits per heavy atom. The van der Waals surface area contributed by atoms with Crippen LogP contribution in [0.1, 0.15) is 15.9 Å². The van der Waals surface area contributed by atoms with Gasteiger partial charge in [-0.3, -0.25) is 9.59 Å². The molecule has 0 aliphatic carbocycles. The Morgan fingerprint density at radius 2 is 1.93 bits per heavy atom. The Labute approximate surface area is 172 Å². The zero-order valence-corrected chi connectivity index (χ0v) is 16.3. The summed E-state index contributed by atoms with van der Waals surface area (Å²) >= 11 is 0. The Hall–Kier alpha value is -3.75. The number of piperazine rings is 1. The van der Waals surface area contributed by atoms with E-state index in [1.54, 1.807) is 29.4 Å². The number of aromatic nitrogens is 3. The highest BCUT2D eigenvalue weighted by atomic mass is 19.1. The molecular formula is C21H21FN6O2. The molecule has 154 valence electrons.